The summed E-state index contributed by atoms with van der Waals surface area (Å²) in [6, 6.07) is 0. The summed E-state index contributed by atoms with van der Waals surface area (Å²) in [6.07, 6.45) is 0. The Hall–Kier alpha value is 0.543. The Morgan fingerprint density at radius 3 is 1.00 bits per heavy atom. The van der Waals surface area contributed by atoms with Crippen molar-refractivity contribution in [2.24, 2.45) is 0 Å². The molecule has 0 aliphatic carbocycles. The first-order valence-corrected chi connectivity index (χ1v) is 0.655. The molecule has 0 bridgehead atoms. The molecular weight excluding hydrogens is 164 g/mol. The summed E-state index contributed by atoms with van der Waals surface area (Å²) >= 11 is 0. The largest absolute Gasteiger partial charge is 0.762 e. The Kier molecular flexibility index (Phi) is 8.28. The van der Waals surface area contributed by atoms with E-state index in [4.69, 9.17) is 0 Å². The smallest absolute Gasteiger partial charge is 0.254 e. The van der Waals surface area contributed by atoms with Gasteiger partial charge in [0.15, 0.2) is 0 Å². The van der Waals surface area contributed by atoms with E-state index in [9.17, 15) is 12.9 Å². The van der Waals surface area contributed by atoms with Gasteiger partial charge in [0.25, 0.3) is 0 Å². The molecule has 0 N–H and O–H groups in total. The average Bonchev–Trinajstić information content (AvgIpc) is 0.811. The Balaban J connectivity index is 0. The topological polar surface area (TPSA) is 0 Å². The van der Waals surface area contributed by atoms with Crippen LogP contribution in [0, 0.1) is 0 Å². The maximum Gasteiger partial charge on any atom is 0.762 e. The maximum atomic E-state index is 9.67. The molecule has 5 heteroatoms. The van der Waals surface area contributed by atoms with Crippen LogP contribution in [0.5, 0.6) is 0 Å². The molecule has 0 aromatic carbocycles. The first kappa shape index (κ1) is 9.11. The van der Waals surface area contributed by atoms with Crippen molar-refractivity contribution in [1.29, 1.82) is 0 Å². The third-order valence-corrected chi connectivity index (χ3v) is 0. The van der Waals surface area contributed by atoms with E-state index in [1.165, 1.54) is 0 Å². The van der Waals surface area contributed by atoms with Crippen molar-refractivity contribution in [3.63, 3.8) is 0 Å². The van der Waals surface area contributed by atoms with E-state index in [0.717, 1.165) is 0 Å². The molecule has 0 spiro atoms. The van der Waals surface area contributed by atoms with Crippen LogP contribution in [0.4, 0.5) is 12.9 Å². The van der Waals surface area contributed by atoms with E-state index < -0.39 is 7.54 Å². The Morgan fingerprint density at radius 2 is 1.00 bits per heavy atom. The minimum atomic E-state index is -3.67. The van der Waals surface area contributed by atoms with Gasteiger partial charge in [0.1, 0.15) is 0 Å². The zero-order chi connectivity index (χ0) is 3.58. The molecule has 0 atom stereocenters. The van der Waals surface area contributed by atoms with Crippen molar-refractivity contribution >= 4 is 7.54 Å². The van der Waals surface area contributed by atoms with Gasteiger partial charge in [0.2, 0.25) is 0 Å². The summed E-state index contributed by atoms with van der Waals surface area (Å²) in [6.45, 7) is 0. The first-order chi connectivity index (χ1) is 1.73. The Labute approximate surface area is 42.2 Å². The van der Waals surface area contributed by atoms with Crippen LogP contribution in [0.25, 0.3) is 0 Å². The maximum absolute atomic E-state index is 9.67. The van der Waals surface area contributed by atoms with Crippen LogP contribution in [0.15, 0.2) is 0 Å². The van der Waals surface area contributed by atoms with E-state index >= 15 is 0 Å². The molecule has 0 rings (SSSR count). The quantitative estimate of drug-likeness (QED) is 0.466. The fourth-order valence-corrected chi connectivity index (χ4v) is 0. The summed E-state index contributed by atoms with van der Waals surface area (Å²) in [5.74, 6) is 0. The van der Waals surface area contributed by atoms with Crippen LogP contribution < -0.4 is 0 Å². The fourth-order valence-electron chi connectivity index (χ4n) is 0. The predicted molar refractivity (Wildman–Crippen MR) is 9.08 cm³/mol. The van der Waals surface area contributed by atoms with Crippen LogP contribution in [0.2, 0.25) is 0 Å². The fraction of sp³-hybridized carbons (Fsp3) is 0. The average molecular weight is 164 g/mol. The summed E-state index contributed by atoms with van der Waals surface area (Å²) in [7, 11) is -3.67. The molecule has 30 valence electrons. The minimum absolute atomic E-state index is 0. The Morgan fingerprint density at radius 1 is 1.00 bits per heavy atom. The normalized spacial score (nSPS) is 5.40. The van der Waals surface area contributed by atoms with Gasteiger partial charge in [-0.25, -0.2) is 0 Å². The van der Waals surface area contributed by atoms with E-state index in [2.05, 4.69) is 0 Å². The van der Waals surface area contributed by atoms with E-state index in [-0.39, 0.29) is 21.1 Å². The van der Waals surface area contributed by atoms with Gasteiger partial charge in [-0.1, -0.05) is 0 Å². The first-order valence-electron chi connectivity index (χ1n) is 0.655. The monoisotopic (exact) mass is 166 g/mol. The van der Waals surface area contributed by atoms with Crippen LogP contribution in [0.1, 0.15) is 0 Å². The van der Waals surface area contributed by atoms with Crippen molar-refractivity contribution in [3.8, 4) is 0 Å². The van der Waals surface area contributed by atoms with Crippen molar-refractivity contribution in [2.75, 3.05) is 0 Å². The second-order valence-electron chi connectivity index (χ2n) is 0.247. The van der Waals surface area contributed by atoms with Gasteiger partial charge < -0.3 is 0 Å². The van der Waals surface area contributed by atoms with Crippen molar-refractivity contribution < 1.29 is 34.0 Å². The van der Waals surface area contributed by atoms with Crippen LogP contribution >= 0.6 is 0 Å². The van der Waals surface area contributed by atoms with Gasteiger partial charge in [-0.15, -0.1) is 0 Å². The van der Waals surface area contributed by atoms with Crippen molar-refractivity contribution in [1.82, 2.24) is 0 Å². The molecule has 0 aromatic heterocycles. The third kappa shape index (κ3) is 99.6. The summed E-state index contributed by atoms with van der Waals surface area (Å²) in [5.41, 5.74) is 0. The second kappa shape index (κ2) is 4.54. The van der Waals surface area contributed by atoms with Crippen LogP contribution in [-0.2, 0) is 21.1 Å². The third-order valence-electron chi connectivity index (χ3n) is 0. The zero-order valence-corrected chi connectivity index (χ0v) is 4.13. The minimum Gasteiger partial charge on any atom is -0.254 e. The van der Waals surface area contributed by atoms with Crippen LogP contribution in [0.3, 0.4) is 0 Å². The molecule has 0 saturated heterocycles. The van der Waals surface area contributed by atoms with Gasteiger partial charge >= 0.3 is 7.54 Å². The van der Waals surface area contributed by atoms with Crippen LogP contribution in [-0.4, -0.2) is 7.54 Å². The van der Waals surface area contributed by atoms with Crippen molar-refractivity contribution in [3.05, 3.63) is 0 Å². The van der Waals surface area contributed by atoms with Gasteiger partial charge in [-0.3, -0.25) is 12.9 Å². The van der Waals surface area contributed by atoms with E-state index in [1.807, 2.05) is 0 Å². The predicted octanol–water partition coefficient (Wildman–Crippen LogP) is 0.877. The molecule has 0 aromatic rings. The molecule has 0 aliphatic rings. The molecule has 0 aliphatic heterocycles. The summed E-state index contributed by atoms with van der Waals surface area (Å²) in [5, 5.41) is 0. The van der Waals surface area contributed by atoms with E-state index in [0.29, 0.717) is 0 Å². The second-order valence-corrected chi connectivity index (χ2v) is 0.247. The number of halogens is 3. The molecule has 0 unspecified atom stereocenters. The molecule has 5 heavy (non-hydrogen) atoms. The van der Waals surface area contributed by atoms with E-state index in [1.54, 1.807) is 0 Å². The molecule has 0 saturated carbocycles. The SMILES string of the molecule is FB(F)F.[Mo]. The summed E-state index contributed by atoms with van der Waals surface area (Å²) < 4.78 is 29.0. The number of hydrogen-bond acceptors (Lipinski definition) is 0. The molecule has 0 nitrogen and oxygen atoms in total. The van der Waals surface area contributed by atoms with Crippen molar-refractivity contribution in [2.45, 2.75) is 0 Å². The van der Waals surface area contributed by atoms with Gasteiger partial charge in [-0.05, 0) is 0 Å². The number of rotatable bonds is 0. The molecule has 0 amide bonds. The number of hydrogen-bond donors (Lipinski definition) is 0. The van der Waals surface area contributed by atoms with Gasteiger partial charge in [0.05, 0.1) is 0 Å². The molecule has 0 fully saturated rings. The van der Waals surface area contributed by atoms with Gasteiger partial charge in [-0.2, -0.15) is 0 Å². The molecule has 0 heterocycles. The Bertz CT molecular complexity index is 11.6. The summed E-state index contributed by atoms with van der Waals surface area (Å²) in [4.78, 5) is 0. The molecular formula is BF3Mo. The molecule has 0 radical (unpaired) electrons. The zero-order valence-electron chi connectivity index (χ0n) is 2.12. The standard InChI is InChI=1S/BF3.Mo/c2-1(3)4;. The van der Waals surface area contributed by atoms with Gasteiger partial charge in [0, 0.05) is 21.1 Å².